The summed E-state index contributed by atoms with van der Waals surface area (Å²) >= 11 is 0. The van der Waals surface area contributed by atoms with Crippen molar-refractivity contribution < 1.29 is 18.7 Å². The van der Waals surface area contributed by atoms with E-state index in [4.69, 9.17) is 10.5 Å². The lowest BCUT2D eigenvalue weighted by molar-refractivity contribution is -0.117. The van der Waals surface area contributed by atoms with Crippen LogP contribution in [-0.4, -0.2) is 31.5 Å². The smallest absolute Gasteiger partial charge is 0.251 e. The maximum absolute atomic E-state index is 13.7. The number of methoxy groups -OCH3 is 1. The predicted molar refractivity (Wildman–Crippen MR) is 117 cm³/mol. The highest BCUT2D eigenvalue weighted by Crippen LogP contribution is 2.35. The monoisotopic (exact) mass is 427 g/mol. The molecule has 1 aliphatic carbocycles. The first kappa shape index (κ1) is 22.7. The number of benzene rings is 2. The summed E-state index contributed by atoms with van der Waals surface area (Å²) in [7, 11) is 1.47. The van der Waals surface area contributed by atoms with E-state index in [9.17, 15) is 14.0 Å². The number of nitrogens with two attached hydrogens (primary N) is 1. The Morgan fingerprint density at radius 1 is 1.19 bits per heavy atom. The number of ether oxygens (including phenoxy) is 1. The van der Waals surface area contributed by atoms with Gasteiger partial charge in [-0.1, -0.05) is 18.2 Å². The van der Waals surface area contributed by atoms with Crippen molar-refractivity contribution in [2.45, 2.75) is 50.6 Å². The van der Waals surface area contributed by atoms with E-state index in [2.05, 4.69) is 17.6 Å². The molecule has 0 aliphatic heterocycles. The molecule has 1 unspecified atom stereocenters. The predicted octanol–water partition coefficient (Wildman–Crippen LogP) is 3.43. The topological polar surface area (TPSA) is 93.4 Å². The van der Waals surface area contributed by atoms with Crippen LogP contribution in [0.2, 0.25) is 0 Å². The number of hydrogen-bond acceptors (Lipinski definition) is 4. The van der Waals surface area contributed by atoms with Gasteiger partial charge in [0.05, 0.1) is 7.11 Å². The van der Waals surface area contributed by atoms with Crippen LogP contribution < -0.4 is 21.1 Å². The summed E-state index contributed by atoms with van der Waals surface area (Å²) in [6.45, 7) is 2.32. The molecule has 0 spiro atoms. The van der Waals surface area contributed by atoms with Gasteiger partial charge in [0.15, 0.2) is 11.6 Å². The summed E-state index contributed by atoms with van der Waals surface area (Å²) in [6.07, 6.45) is 3.26. The molecule has 6 nitrogen and oxygen atoms in total. The molecule has 0 aromatic heterocycles. The third-order valence-electron chi connectivity index (χ3n) is 5.89. The van der Waals surface area contributed by atoms with Gasteiger partial charge < -0.3 is 21.1 Å². The third kappa shape index (κ3) is 6.04. The van der Waals surface area contributed by atoms with Crippen molar-refractivity contribution in [3.63, 3.8) is 0 Å². The zero-order chi connectivity index (χ0) is 22.4. The number of nitrogens with one attached hydrogen (secondary N) is 2. The van der Waals surface area contributed by atoms with Gasteiger partial charge in [-0.3, -0.25) is 9.59 Å². The summed E-state index contributed by atoms with van der Waals surface area (Å²) < 4.78 is 18.7. The third-order valence-corrected chi connectivity index (χ3v) is 5.89. The molecule has 1 aliphatic rings. The maximum Gasteiger partial charge on any atom is 0.251 e. The Balaban J connectivity index is 1.53. The van der Waals surface area contributed by atoms with E-state index in [0.717, 1.165) is 24.8 Å². The second-order valence-corrected chi connectivity index (χ2v) is 8.08. The standard InChI is InChI=1S/C24H30FN3O3/c1-15(18-8-10-21(25)22(14-18)31-2)28-20-9-7-19(13-20)16-3-5-17(6-4-16)24(30)27-12-11-23(26)29/h3-6,8,10,14-15,19-20,28H,7,9,11-13H2,1-2H3,(H2,26,29)(H,27,30)/t15-,19?,20-/m0/s1. The highest BCUT2D eigenvalue weighted by molar-refractivity contribution is 5.94. The first-order chi connectivity index (χ1) is 14.9. The number of carbonyl (C=O) groups is 2. The van der Waals surface area contributed by atoms with Crippen LogP contribution in [0.5, 0.6) is 5.75 Å². The molecular weight excluding hydrogens is 397 g/mol. The summed E-state index contributed by atoms with van der Waals surface area (Å²) in [4.78, 5) is 22.9. The van der Waals surface area contributed by atoms with Crippen LogP contribution in [0.15, 0.2) is 42.5 Å². The number of carbonyl (C=O) groups excluding carboxylic acids is 2. The van der Waals surface area contributed by atoms with E-state index in [-0.39, 0.29) is 36.5 Å². The van der Waals surface area contributed by atoms with Crippen molar-refractivity contribution in [1.82, 2.24) is 10.6 Å². The van der Waals surface area contributed by atoms with Gasteiger partial charge in [-0.05, 0) is 67.5 Å². The van der Waals surface area contributed by atoms with Crippen LogP contribution >= 0.6 is 0 Å². The normalized spacial score (nSPS) is 19.1. The van der Waals surface area contributed by atoms with E-state index < -0.39 is 5.91 Å². The van der Waals surface area contributed by atoms with Crippen molar-refractivity contribution in [2.24, 2.45) is 5.73 Å². The summed E-state index contributed by atoms with van der Waals surface area (Å²) in [5.74, 6) is -0.312. The average Bonchev–Trinajstić information content (AvgIpc) is 3.22. The number of halogens is 1. The van der Waals surface area contributed by atoms with Crippen molar-refractivity contribution >= 4 is 11.8 Å². The molecule has 0 bridgehead atoms. The molecule has 166 valence electrons. The number of hydrogen-bond donors (Lipinski definition) is 3. The second kappa shape index (κ2) is 10.4. The first-order valence-electron chi connectivity index (χ1n) is 10.6. The van der Waals surface area contributed by atoms with Crippen LogP contribution in [0.1, 0.15) is 66.1 Å². The van der Waals surface area contributed by atoms with Crippen molar-refractivity contribution in [3.8, 4) is 5.75 Å². The molecule has 4 N–H and O–H groups in total. The highest BCUT2D eigenvalue weighted by Gasteiger charge is 2.27. The van der Waals surface area contributed by atoms with Crippen LogP contribution in [0, 0.1) is 5.82 Å². The molecule has 1 fully saturated rings. The summed E-state index contributed by atoms with van der Waals surface area (Å²) in [5.41, 5.74) is 7.86. The molecule has 0 saturated heterocycles. The van der Waals surface area contributed by atoms with E-state index >= 15 is 0 Å². The molecule has 1 saturated carbocycles. The van der Waals surface area contributed by atoms with Gasteiger partial charge in [-0.15, -0.1) is 0 Å². The van der Waals surface area contributed by atoms with Crippen molar-refractivity contribution in [2.75, 3.05) is 13.7 Å². The van der Waals surface area contributed by atoms with Crippen LogP contribution in [0.25, 0.3) is 0 Å². The van der Waals surface area contributed by atoms with E-state index in [1.807, 2.05) is 24.3 Å². The van der Waals surface area contributed by atoms with Gasteiger partial charge >= 0.3 is 0 Å². The van der Waals surface area contributed by atoms with E-state index in [1.165, 1.54) is 18.7 Å². The molecule has 0 radical (unpaired) electrons. The Morgan fingerprint density at radius 2 is 1.94 bits per heavy atom. The van der Waals surface area contributed by atoms with Crippen LogP contribution in [0.3, 0.4) is 0 Å². The van der Waals surface area contributed by atoms with Crippen molar-refractivity contribution in [1.29, 1.82) is 0 Å². The largest absolute Gasteiger partial charge is 0.494 e. The van der Waals surface area contributed by atoms with Gasteiger partial charge in [0.25, 0.3) is 5.91 Å². The van der Waals surface area contributed by atoms with Gasteiger partial charge in [0, 0.05) is 30.6 Å². The highest BCUT2D eigenvalue weighted by atomic mass is 19.1. The molecule has 3 atom stereocenters. The maximum atomic E-state index is 13.7. The lowest BCUT2D eigenvalue weighted by Gasteiger charge is -2.21. The fourth-order valence-corrected chi connectivity index (χ4v) is 4.14. The lowest BCUT2D eigenvalue weighted by atomic mass is 9.96. The summed E-state index contributed by atoms with van der Waals surface area (Å²) in [5, 5.41) is 6.34. The molecule has 31 heavy (non-hydrogen) atoms. The Kier molecular flexibility index (Phi) is 7.63. The van der Waals surface area contributed by atoms with Gasteiger partial charge in [0.1, 0.15) is 0 Å². The molecule has 0 heterocycles. The molecule has 2 amide bonds. The first-order valence-corrected chi connectivity index (χ1v) is 10.6. The zero-order valence-electron chi connectivity index (χ0n) is 18.0. The minimum atomic E-state index is -0.437. The molecule has 2 aromatic rings. The quantitative estimate of drug-likeness (QED) is 0.572. The fourth-order valence-electron chi connectivity index (χ4n) is 4.14. The molecular formula is C24H30FN3O3. The number of rotatable bonds is 9. The second-order valence-electron chi connectivity index (χ2n) is 8.08. The minimum absolute atomic E-state index is 0.0877. The molecule has 7 heteroatoms. The van der Waals surface area contributed by atoms with E-state index in [1.54, 1.807) is 12.1 Å². The fraction of sp³-hybridized carbons (Fsp3) is 0.417. The summed E-state index contributed by atoms with van der Waals surface area (Å²) in [6, 6.07) is 13.1. The minimum Gasteiger partial charge on any atom is -0.494 e. The Bertz CT molecular complexity index is 917. The van der Waals surface area contributed by atoms with Crippen LogP contribution in [0.4, 0.5) is 4.39 Å². The Morgan fingerprint density at radius 3 is 2.61 bits per heavy atom. The van der Waals surface area contributed by atoms with E-state index in [0.29, 0.717) is 17.5 Å². The lowest BCUT2D eigenvalue weighted by Crippen LogP contribution is -2.29. The SMILES string of the molecule is COc1cc([C@H](C)N[C@H]2CCC(c3ccc(C(=O)NCCC(N)=O)cc3)C2)ccc1F. The van der Waals surface area contributed by atoms with Gasteiger partial charge in [0.2, 0.25) is 5.91 Å². The molecule has 3 rings (SSSR count). The zero-order valence-corrected chi connectivity index (χ0v) is 18.0. The number of primary amides is 1. The van der Waals surface area contributed by atoms with Gasteiger partial charge in [-0.2, -0.15) is 0 Å². The Hall–Kier alpha value is -2.93. The Labute approximate surface area is 182 Å². The average molecular weight is 428 g/mol. The number of amides is 2. The van der Waals surface area contributed by atoms with Crippen LogP contribution in [-0.2, 0) is 4.79 Å². The van der Waals surface area contributed by atoms with Gasteiger partial charge in [-0.25, -0.2) is 4.39 Å². The molecule has 2 aromatic carbocycles. The van der Waals surface area contributed by atoms with Crippen molar-refractivity contribution in [3.05, 3.63) is 65.0 Å².